The molecular weight excluding hydrogens is 596 g/mol. The van der Waals surface area contributed by atoms with Crippen LogP contribution in [0.2, 0.25) is 5.02 Å². The standard InChI is InChI=1S/C29H31ClN6O6S/c1-29(2,3)42-28(39)36-13-9-21(24(27(36)38)26(37)35-43-23-7-5-6-20(30)25(23)40-4)34-14-18-8-10-31-16-22(18)41-17-19-15-32-11-12-33-19/h5-8,10-12,15-16,34H,9,13-14,17H2,1-4H3,(H,35,37). The van der Waals surface area contributed by atoms with Crippen molar-refractivity contribution >= 4 is 41.5 Å². The van der Waals surface area contributed by atoms with E-state index in [1.807, 2.05) is 0 Å². The van der Waals surface area contributed by atoms with Gasteiger partial charge in [0.1, 0.15) is 23.5 Å². The van der Waals surface area contributed by atoms with Crippen LogP contribution in [0.4, 0.5) is 4.79 Å². The Morgan fingerprint density at radius 2 is 1.91 bits per heavy atom. The van der Waals surface area contributed by atoms with Crippen molar-refractivity contribution in [3.63, 3.8) is 0 Å². The smallest absolute Gasteiger partial charge is 0.417 e. The molecule has 43 heavy (non-hydrogen) atoms. The van der Waals surface area contributed by atoms with Crippen LogP contribution in [-0.4, -0.2) is 57.0 Å². The number of methoxy groups -OCH3 is 1. The molecule has 2 aromatic heterocycles. The summed E-state index contributed by atoms with van der Waals surface area (Å²) >= 11 is 7.15. The lowest BCUT2D eigenvalue weighted by atomic mass is 10.0. The molecule has 1 aliphatic rings. The fourth-order valence-electron chi connectivity index (χ4n) is 3.98. The summed E-state index contributed by atoms with van der Waals surface area (Å²) in [5, 5.41) is 3.57. The molecule has 3 aromatic rings. The largest absolute Gasteiger partial charge is 0.494 e. The Morgan fingerprint density at radius 1 is 1.12 bits per heavy atom. The van der Waals surface area contributed by atoms with Gasteiger partial charge in [-0.05, 0) is 50.9 Å². The molecule has 4 rings (SSSR count). The minimum Gasteiger partial charge on any atom is -0.494 e. The molecule has 3 heterocycles. The van der Waals surface area contributed by atoms with Crippen molar-refractivity contribution in [1.82, 2.24) is 29.9 Å². The highest BCUT2D eigenvalue weighted by atomic mass is 35.5. The molecule has 0 fully saturated rings. The molecule has 3 amide bonds. The summed E-state index contributed by atoms with van der Waals surface area (Å²) in [5.74, 6) is -0.623. The van der Waals surface area contributed by atoms with Crippen molar-refractivity contribution in [2.45, 2.75) is 50.8 Å². The zero-order valence-electron chi connectivity index (χ0n) is 24.0. The van der Waals surface area contributed by atoms with Crippen molar-refractivity contribution in [2.24, 2.45) is 0 Å². The first-order valence-electron chi connectivity index (χ1n) is 13.2. The Morgan fingerprint density at radius 3 is 2.63 bits per heavy atom. The van der Waals surface area contributed by atoms with Gasteiger partial charge in [0.25, 0.3) is 11.8 Å². The fraction of sp³-hybridized carbons (Fsp3) is 0.310. The molecule has 0 radical (unpaired) electrons. The lowest BCUT2D eigenvalue weighted by Gasteiger charge is -2.31. The number of halogens is 1. The molecule has 1 aliphatic heterocycles. The van der Waals surface area contributed by atoms with Crippen LogP contribution in [0.1, 0.15) is 38.4 Å². The lowest BCUT2D eigenvalue weighted by molar-refractivity contribution is -0.130. The van der Waals surface area contributed by atoms with Crippen LogP contribution in [-0.2, 0) is 27.5 Å². The number of ether oxygens (including phenoxy) is 3. The van der Waals surface area contributed by atoms with E-state index in [9.17, 15) is 14.4 Å². The number of nitrogens with one attached hydrogen (secondary N) is 2. The van der Waals surface area contributed by atoms with E-state index in [0.29, 0.717) is 32.8 Å². The lowest BCUT2D eigenvalue weighted by Crippen LogP contribution is -2.48. The quantitative estimate of drug-likeness (QED) is 0.243. The molecule has 0 saturated heterocycles. The number of aromatic nitrogens is 3. The Hall–Kier alpha value is -4.36. The van der Waals surface area contributed by atoms with Gasteiger partial charge < -0.3 is 19.5 Å². The monoisotopic (exact) mass is 626 g/mol. The highest BCUT2D eigenvalue weighted by Gasteiger charge is 2.37. The van der Waals surface area contributed by atoms with Crippen molar-refractivity contribution in [2.75, 3.05) is 13.7 Å². The van der Waals surface area contributed by atoms with Gasteiger partial charge in [0.15, 0.2) is 5.75 Å². The second-order valence-corrected chi connectivity index (χ2v) is 11.4. The van der Waals surface area contributed by atoms with Gasteiger partial charge in [-0.25, -0.2) is 9.69 Å². The predicted molar refractivity (Wildman–Crippen MR) is 159 cm³/mol. The molecule has 0 bridgehead atoms. The van der Waals surface area contributed by atoms with Gasteiger partial charge in [0, 0.05) is 49.4 Å². The normalized spacial score (nSPS) is 13.4. The maximum absolute atomic E-state index is 13.6. The second-order valence-electron chi connectivity index (χ2n) is 10.2. The molecule has 14 heteroatoms. The number of amides is 3. The molecule has 0 saturated carbocycles. The summed E-state index contributed by atoms with van der Waals surface area (Å²) in [6, 6.07) is 6.84. The van der Waals surface area contributed by atoms with Crippen LogP contribution in [0.25, 0.3) is 0 Å². The molecule has 0 spiro atoms. The number of nitrogens with zero attached hydrogens (tertiary/aromatic N) is 4. The van der Waals surface area contributed by atoms with Crippen LogP contribution < -0.4 is 19.5 Å². The number of carbonyl (C=O) groups is 3. The molecular formula is C29H31ClN6O6S. The van der Waals surface area contributed by atoms with Crippen molar-refractivity contribution in [3.8, 4) is 11.5 Å². The van der Waals surface area contributed by atoms with E-state index in [2.05, 4.69) is 25.0 Å². The molecule has 226 valence electrons. The number of pyridine rings is 1. The topological polar surface area (TPSA) is 145 Å². The Kier molecular flexibility index (Phi) is 10.4. The van der Waals surface area contributed by atoms with E-state index >= 15 is 0 Å². The number of imide groups is 1. The SMILES string of the molecule is COc1c(Cl)cccc1SNC(=O)C1=C(NCc2ccncc2OCc2cnccn2)CCN(C(=O)OC(C)(C)C)C1=O. The first kappa shape index (κ1) is 31.6. The molecule has 0 atom stereocenters. The summed E-state index contributed by atoms with van der Waals surface area (Å²) in [5.41, 5.74) is 0.677. The van der Waals surface area contributed by atoms with Gasteiger partial charge in [0.2, 0.25) is 0 Å². The van der Waals surface area contributed by atoms with Crippen LogP contribution in [0.5, 0.6) is 11.5 Å². The summed E-state index contributed by atoms with van der Waals surface area (Å²) in [6.07, 6.45) is 7.29. The number of carbonyl (C=O) groups excluding carboxylic acids is 3. The number of hydrogen-bond acceptors (Lipinski definition) is 11. The van der Waals surface area contributed by atoms with Gasteiger partial charge >= 0.3 is 6.09 Å². The third-order valence-electron chi connectivity index (χ3n) is 5.93. The second kappa shape index (κ2) is 14.2. The van der Waals surface area contributed by atoms with Crippen molar-refractivity contribution in [3.05, 3.63) is 82.8 Å². The minimum absolute atomic E-state index is 0.0223. The summed E-state index contributed by atoms with van der Waals surface area (Å²) < 4.78 is 19.4. The molecule has 2 N–H and O–H groups in total. The van der Waals surface area contributed by atoms with Crippen LogP contribution >= 0.6 is 23.5 Å². The first-order chi connectivity index (χ1) is 20.6. The maximum atomic E-state index is 13.6. The van der Waals surface area contributed by atoms with Crippen LogP contribution in [0, 0.1) is 0 Å². The van der Waals surface area contributed by atoms with Crippen molar-refractivity contribution in [1.29, 1.82) is 0 Å². The van der Waals surface area contributed by atoms with E-state index in [0.717, 1.165) is 22.4 Å². The maximum Gasteiger partial charge on any atom is 0.417 e. The number of rotatable bonds is 10. The Balaban J connectivity index is 1.57. The third-order valence-corrected chi connectivity index (χ3v) is 7.06. The molecule has 1 aromatic carbocycles. The molecule has 0 aliphatic carbocycles. The van der Waals surface area contributed by atoms with E-state index in [4.69, 9.17) is 25.8 Å². The molecule has 0 unspecified atom stereocenters. The fourth-order valence-corrected chi connectivity index (χ4v) is 5.02. The number of benzene rings is 1. The highest BCUT2D eigenvalue weighted by Crippen LogP contribution is 2.34. The van der Waals surface area contributed by atoms with Gasteiger partial charge in [-0.1, -0.05) is 17.7 Å². The van der Waals surface area contributed by atoms with Gasteiger partial charge in [-0.15, -0.1) is 0 Å². The average molecular weight is 627 g/mol. The zero-order chi connectivity index (χ0) is 31.0. The van der Waals surface area contributed by atoms with Crippen LogP contribution in [0.15, 0.2) is 71.4 Å². The highest BCUT2D eigenvalue weighted by molar-refractivity contribution is 7.98. The minimum atomic E-state index is -0.833. The average Bonchev–Trinajstić information content (AvgIpc) is 2.97. The third kappa shape index (κ3) is 8.36. The summed E-state index contributed by atoms with van der Waals surface area (Å²) in [4.78, 5) is 53.8. The van der Waals surface area contributed by atoms with Gasteiger partial charge in [-0.3, -0.25) is 29.3 Å². The molecule has 12 nitrogen and oxygen atoms in total. The van der Waals surface area contributed by atoms with E-state index in [1.165, 1.54) is 7.11 Å². The summed E-state index contributed by atoms with van der Waals surface area (Å²) in [7, 11) is 1.46. The Labute approximate surface area is 258 Å². The summed E-state index contributed by atoms with van der Waals surface area (Å²) in [6.45, 7) is 5.50. The predicted octanol–water partition coefficient (Wildman–Crippen LogP) is 4.45. The van der Waals surface area contributed by atoms with E-state index in [-0.39, 0.29) is 31.7 Å². The van der Waals surface area contributed by atoms with Crippen LogP contribution in [0.3, 0.4) is 0 Å². The van der Waals surface area contributed by atoms with E-state index in [1.54, 1.807) is 76.0 Å². The Bertz CT molecular complexity index is 1510. The number of para-hydroxylation sites is 1. The first-order valence-corrected chi connectivity index (χ1v) is 14.4. The van der Waals surface area contributed by atoms with Gasteiger partial charge in [0.05, 0.1) is 35.1 Å². The van der Waals surface area contributed by atoms with Gasteiger partial charge in [-0.2, -0.15) is 0 Å². The zero-order valence-corrected chi connectivity index (χ0v) is 25.6. The van der Waals surface area contributed by atoms with Crippen molar-refractivity contribution < 1.29 is 28.6 Å². The van der Waals surface area contributed by atoms with E-state index < -0.39 is 23.5 Å². The number of hydrogen-bond donors (Lipinski definition) is 2.